The second-order valence-electron chi connectivity index (χ2n) is 7.21. The van der Waals surface area contributed by atoms with Crippen molar-refractivity contribution in [2.75, 3.05) is 0 Å². The molecule has 0 N–H and O–H groups in total. The molecule has 0 amide bonds. The number of nitro groups is 1. The molecule has 0 saturated carbocycles. The molecule has 9 heteroatoms. The van der Waals surface area contributed by atoms with Crippen molar-refractivity contribution in [3.05, 3.63) is 92.0 Å². The van der Waals surface area contributed by atoms with Crippen molar-refractivity contribution in [3.8, 4) is 0 Å². The summed E-state index contributed by atoms with van der Waals surface area (Å²) in [5.74, 6) is -1.18. The van der Waals surface area contributed by atoms with E-state index in [0.29, 0.717) is 27.2 Å². The summed E-state index contributed by atoms with van der Waals surface area (Å²) in [5, 5.41) is 12.8. The quantitative estimate of drug-likeness (QED) is 0.307. The van der Waals surface area contributed by atoms with Crippen molar-refractivity contribution in [2.45, 2.75) is 13.5 Å². The minimum absolute atomic E-state index is 0.0142. The molecule has 0 spiro atoms. The normalized spacial score (nSPS) is 11.6. The Morgan fingerprint density at radius 3 is 2.71 bits per heavy atom. The summed E-state index contributed by atoms with van der Waals surface area (Å²) in [6.07, 6.45) is 1.49. The highest BCUT2D eigenvalue weighted by molar-refractivity contribution is 6.18. The topological polar surface area (TPSA) is 91.2 Å². The van der Waals surface area contributed by atoms with Crippen LogP contribution in [0.25, 0.3) is 32.9 Å². The van der Waals surface area contributed by atoms with Crippen LogP contribution in [0, 0.1) is 28.7 Å². The number of non-ortho nitro benzene ring substituents is 1. The average molecular weight is 421 g/mol. The summed E-state index contributed by atoms with van der Waals surface area (Å²) < 4.78 is 35.7. The molecule has 0 fully saturated rings. The zero-order valence-electron chi connectivity index (χ0n) is 16.1. The van der Waals surface area contributed by atoms with Crippen LogP contribution in [-0.2, 0) is 6.54 Å². The smallest absolute Gasteiger partial charge is 0.362 e. The monoisotopic (exact) mass is 421 g/mol. The van der Waals surface area contributed by atoms with E-state index in [0.717, 1.165) is 18.2 Å². The van der Waals surface area contributed by atoms with Gasteiger partial charge < -0.3 is 8.98 Å². The van der Waals surface area contributed by atoms with Crippen molar-refractivity contribution in [2.24, 2.45) is 0 Å². The molecule has 0 unspecified atom stereocenters. The van der Waals surface area contributed by atoms with E-state index in [1.807, 2.05) is 0 Å². The lowest BCUT2D eigenvalue weighted by Crippen LogP contribution is -2.10. The van der Waals surface area contributed by atoms with Crippen molar-refractivity contribution >= 4 is 38.6 Å². The number of benzene rings is 2. The molecule has 0 saturated heterocycles. The molecular weight excluding hydrogens is 408 g/mol. The number of hydrogen-bond acceptors (Lipinski definition) is 5. The predicted octanol–water partition coefficient (Wildman–Crippen LogP) is 4.84. The number of hydrogen-bond donors (Lipinski definition) is 0. The first kappa shape index (κ1) is 18.9. The molecule has 5 rings (SSSR count). The number of aromatic nitrogens is 2. The Kier molecular flexibility index (Phi) is 4.07. The van der Waals surface area contributed by atoms with Gasteiger partial charge in [-0.25, -0.2) is 18.6 Å². The first-order valence-electron chi connectivity index (χ1n) is 9.28. The van der Waals surface area contributed by atoms with Crippen LogP contribution in [0.5, 0.6) is 0 Å². The molecule has 0 aliphatic heterocycles. The summed E-state index contributed by atoms with van der Waals surface area (Å²) in [6.45, 7) is 1.37. The fourth-order valence-corrected chi connectivity index (χ4v) is 3.89. The molecule has 0 aliphatic rings. The van der Waals surface area contributed by atoms with Gasteiger partial charge in [0, 0.05) is 40.1 Å². The molecule has 0 radical (unpaired) electrons. The van der Waals surface area contributed by atoms with Crippen LogP contribution in [0.1, 0.15) is 11.1 Å². The number of aryl methyl sites for hydroxylation is 1. The molecule has 3 aromatic heterocycles. The van der Waals surface area contributed by atoms with Gasteiger partial charge in [-0.3, -0.25) is 10.1 Å². The van der Waals surface area contributed by atoms with Gasteiger partial charge in [0.15, 0.2) is 0 Å². The van der Waals surface area contributed by atoms with E-state index in [1.165, 1.54) is 16.8 Å². The van der Waals surface area contributed by atoms with Crippen LogP contribution < -0.4 is 5.63 Å². The van der Waals surface area contributed by atoms with Crippen LogP contribution in [0.3, 0.4) is 0 Å². The van der Waals surface area contributed by atoms with Crippen molar-refractivity contribution in [1.29, 1.82) is 0 Å². The summed E-state index contributed by atoms with van der Waals surface area (Å²) in [5.41, 5.74) is -0.0816. The Balaban J connectivity index is 1.91. The molecule has 3 heterocycles. The largest absolute Gasteiger partial charge is 0.402 e. The number of fused-ring (bicyclic) bond motifs is 5. The van der Waals surface area contributed by atoms with Crippen molar-refractivity contribution < 1.29 is 18.1 Å². The van der Waals surface area contributed by atoms with Gasteiger partial charge in [0.1, 0.15) is 17.2 Å². The van der Waals surface area contributed by atoms with Crippen LogP contribution in [0.2, 0.25) is 0 Å². The molecule has 31 heavy (non-hydrogen) atoms. The SMILES string of the molecule is Cc1cc2c3c4cccnc4oc(=O)c3n(Cc3cc([N+](=O)[O-])ccc3F)c2cc1F. The second-order valence-corrected chi connectivity index (χ2v) is 7.21. The zero-order valence-corrected chi connectivity index (χ0v) is 16.1. The number of pyridine rings is 1. The zero-order chi connectivity index (χ0) is 21.9. The minimum atomic E-state index is -0.721. The van der Waals surface area contributed by atoms with E-state index < -0.39 is 22.2 Å². The average Bonchev–Trinajstić information content (AvgIpc) is 3.04. The third-order valence-electron chi connectivity index (χ3n) is 5.34. The van der Waals surface area contributed by atoms with E-state index >= 15 is 0 Å². The number of rotatable bonds is 3. The molecule has 0 atom stereocenters. The van der Waals surface area contributed by atoms with Crippen LogP contribution in [0.15, 0.2) is 57.9 Å². The maximum absolute atomic E-state index is 14.5. The van der Waals surface area contributed by atoms with E-state index in [1.54, 1.807) is 25.1 Å². The number of halogens is 2. The second kappa shape index (κ2) is 6.69. The van der Waals surface area contributed by atoms with Crippen LogP contribution in [-0.4, -0.2) is 14.5 Å². The third kappa shape index (κ3) is 2.85. The molecule has 0 bridgehead atoms. The summed E-state index contributed by atoms with van der Waals surface area (Å²) >= 11 is 0. The van der Waals surface area contributed by atoms with Gasteiger partial charge >= 0.3 is 5.63 Å². The maximum atomic E-state index is 14.5. The summed E-state index contributed by atoms with van der Waals surface area (Å²) in [6, 6.07) is 9.43. The fourth-order valence-electron chi connectivity index (χ4n) is 3.89. The Morgan fingerprint density at radius 1 is 1.13 bits per heavy atom. The lowest BCUT2D eigenvalue weighted by atomic mass is 10.1. The first-order valence-corrected chi connectivity index (χ1v) is 9.28. The summed E-state index contributed by atoms with van der Waals surface area (Å²) in [4.78, 5) is 27.5. The number of nitro benzene ring substituents is 1. The number of nitrogens with zero attached hydrogens (tertiary/aromatic N) is 3. The van der Waals surface area contributed by atoms with Crippen molar-refractivity contribution in [3.63, 3.8) is 0 Å². The molecular formula is C22H13F2N3O4. The van der Waals surface area contributed by atoms with Crippen LogP contribution in [0.4, 0.5) is 14.5 Å². The molecule has 2 aromatic carbocycles. The van der Waals surface area contributed by atoms with E-state index in [-0.39, 0.29) is 29.0 Å². The van der Waals surface area contributed by atoms with E-state index in [4.69, 9.17) is 4.42 Å². The predicted molar refractivity (Wildman–Crippen MR) is 110 cm³/mol. The molecule has 0 aliphatic carbocycles. The van der Waals surface area contributed by atoms with Crippen molar-refractivity contribution in [1.82, 2.24) is 9.55 Å². The molecule has 7 nitrogen and oxygen atoms in total. The van der Waals surface area contributed by atoms with E-state index in [9.17, 15) is 23.7 Å². The third-order valence-corrected chi connectivity index (χ3v) is 5.34. The van der Waals surface area contributed by atoms with E-state index in [2.05, 4.69) is 4.98 Å². The maximum Gasteiger partial charge on any atom is 0.362 e. The Labute approximate surface area is 172 Å². The Morgan fingerprint density at radius 2 is 1.94 bits per heavy atom. The van der Waals surface area contributed by atoms with Gasteiger partial charge in [-0.05, 0) is 42.8 Å². The van der Waals surface area contributed by atoms with Gasteiger partial charge in [0.2, 0.25) is 5.71 Å². The lowest BCUT2D eigenvalue weighted by Gasteiger charge is -2.09. The Bertz CT molecular complexity index is 1600. The first-order chi connectivity index (χ1) is 14.8. The van der Waals surface area contributed by atoms with Gasteiger partial charge in [-0.2, -0.15) is 0 Å². The standard InChI is InChI=1S/C22H13F2N3O4/c1-11-7-15-18(9-17(11)24)26(10-12-8-13(27(29)30)4-5-16(12)23)20-19(15)14-3-2-6-25-21(14)31-22(20)28/h2-9H,10H2,1H3. The minimum Gasteiger partial charge on any atom is -0.402 e. The highest BCUT2D eigenvalue weighted by Gasteiger charge is 2.21. The Hall–Kier alpha value is -4.14. The van der Waals surface area contributed by atoms with Gasteiger partial charge in [0.25, 0.3) is 5.69 Å². The van der Waals surface area contributed by atoms with Gasteiger partial charge in [-0.15, -0.1) is 0 Å². The fraction of sp³-hybridized carbons (Fsp3) is 0.0909. The highest BCUT2D eigenvalue weighted by Crippen LogP contribution is 2.34. The highest BCUT2D eigenvalue weighted by atomic mass is 19.1. The molecule has 154 valence electrons. The lowest BCUT2D eigenvalue weighted by molar-refractivity contribution is -0.385. The van der Waals surface area contributed by atoms with Gasteiger partial charge in [0.05, 0.1) is 17.0 Å². The van der Waals surface area contributed by atoms with Crippen LogP contribution >= 0.6 is 0 Å². The van der Waals surface area contributed by atoms with Gasteiger partial charge in [-0.1, -0.05) is 0 Å². The molecule has 5 aromatic rings. The summed E-state index contributed by atoms with van der Waals surface area (Å²) in [7, 11) is 0.